The van der Waals surface area contributed by atoms with Gasteiger partial charge < -0.3 is 10.2 Å². The molecule has 1 aliphatic heterocycles. The molecule has 2 aromatic rings. The zero-order valence-corrected chi connectivity index (χ0v) is 13.1. The van der Waals surface area contributed by atoms with Crippen LogP contribution in [0.25, 0.3) is 10.2 Å². The Morgan fingerprint density at radius 3 is 2.60 bits per heavy atom. The minimum Gasteiger partial charge on any atom is -0.357 e. The monoisotopic (exact) mass is 290 g/mol. The van der Waals surface area contributed by atoms with Gasteiger partial charge in [0.15, 0.2) is 0 Å². The highest BCUT2D eigenvalue weighted by atomic mass is 32.1. The molecule has 0 aromatic carbocycles. The lowest BCUT2D eigenvalue weighted by molar-refractivity contribution is 0.726. The average Bonchev–Trinajstić information content (AvgIpc) is 2.71. The second kappa shape index (κ2) is 5.95. The van der Waals surface area contributed by atoms with Gasteiger partial charge in [0.2, 0.25) is 5.95 Å². The van der Waals surface area contributed by atoms with Crippen molar-refractivity contribution in [1.82, 2.24) is 9.97 Å². The van der Waals surface area contributed by atoms with Crippen molar-refractivity contribution in [3.05, 3.63) is 10.9 Å². The molecule has 3 rings (SSSR count). The predicted octanol–water partition coefficient (Wildman–Crippen LogP) is 3.68. The molecule has 2 aromatic heterocycles. The molecule has 1 saturated heterocycles. The van der Waals surface area contributed by atoms with Crippen molar-refractivity contribution in [2.75, 3.05) is 30.4 Å². The molecule has 5 heteroatoms. The summed E-state index contributed by atoms with van der Waals surface area (Å²) in [5, 5.41) is 4.33. The van der Waals surface area contributed by atoms with E-state index in [1.165, 1.54) is 35.9 Å². The van der Waals surface area contributed by atoms with Gasteiger partial charge in [0.1, 0.15) is 10.6 Å². The summed E-state index contributed by atoms with van der Waals surface area (Å²) >= 11 is 1.79. The molecule has 0 bridgehead atoms. The van der Waals surface area contributed by atoms with Gasteiger partial charge in [-0.2, -0.15) is 4.98 Å². The maximum Gasteiger partial charge on any atom is 0.225 e. The van der Waals surface area contributed by atoms with E-state index >= 15 is 0 Å². The standard InChI is InChI=1S/C15H22N4S/c1-3-11-10-12-13(19-8-6-4-5-7-9-19)17-15(16-2)18-14(12)20-11/h10H,3-9H2,1-2H3,(H,16,17,18). The highest BCUT2D eigenvalue weighted by Crippen LogP contribution is 2.33. The number of hydrogen-bond acceptors (Lipinski definition) is 5. The van der Waals surface area contributed by atoms with Gasteiger partial charge in [-0.1, -0.05) is 19.8 Å². The third-order valence-corrected chi connectivity index (χ3v) is 5.07. The van der Waals surface area contributed by atoms with Crippen molar-refractivity contribution in [1.29, 1.82) is 0 Å². The largest absolute Gasteiger partial charge is 0.357 e. The second-order valence-corrected chi connectivity index (χ2v) is 6.42. The minimum atomic E-state index is 0.737. The molecule has 0 radical (unpaired) electrons. The predicted molar refractivity (Wildman–Crippen MR) is 87.0 cm³/mol. The summed E-state index contributed by atoms with van der Waals surface area (Å²) in [4.78, 5) is 14.3. The van der Waals surface area contributed by atoms with Crippen molar-refractivity contribution in [2.24, 2.45) is 0 Å². The highest BCUT2D eigenvalue weighted by Gasteiger charge is 2.17. The van der Waals surface area contributed by atoms with Crippen molar-refractivity contribution in [2.45, 2.75) is 39.0 Å². The number of nitrogens with zero attached hydrogens (tertiary/aromatic N) is 3. The van der Waals surface area contributed by atoms with Gasteiger partial charge >= 0.3 is 0 Å². The molecule has 108 valence electrons. The van der Waals surface area contributed by atoms with Gasteiger partial charge in [0, 0.05) is 25.0 Å². The first-order chi connectivity index (χ1) is 9.81. The normalized spacial score (nSPS) is 16.4. The molecule has 0 spiro atoms. The Balaban J connectivity index is 2.08. The Labute approximate surface area is 124 Å². The van der Waals surface area contributed by atoms with Gasteiger partial charge in [0.05, 0.1) is 5.39 Å². The number of hydrogen-bond donors (Lipinski definition) is 1. The van der Waals surface area contributed by atoms with Crippen LogP contribution >= 0.6 is 11.3 Å². The van der Waals surface area contributed by atoms with E-state index in [1.807, 2.05) is 7.05 Å². The molecule has 0 aliphatic carbocycles. The zero-order valence-electron chi connectivity index (χ0n) is 12.3. The Hall–Kier alpha value is -1.36. The van der Waals surface area contributed by atoms with Crippen LogP contribution in [-0.2, 0) is 6.42 Å². The van der Waals surface area contributed by atoms with Gasteiger partial charge in [0.25, 0.3) is 0 Å². The average molecular weight is 290 g/mol. The molecule has 20 heavy (non-hydrogen) atoms. The van der Waals surface area contributed by atoms with Crippen LogP contribution in [0.3, 0.4) is 0 Å². The van der Waals surface area contributed by atoms with E-state index in [4.69, 9.17) is 4.98 Å². The Morgan fingerprint density at radius 1 is 1.20 bits per heavy atom. The van der Waals surface area contributed by atoms with Gasteiger partial charge in [-0.25, -0.2) is 4.98 Å². The van der Waals surface area contributed by atoms with Gasteiger partial charge in [-0.15, -0.1) is 11.3 Å². The SMILES string of the molecule is CCc1cc2c(N3CCCCCC3)nc(NC)nc2s1. The number of rotatable bonds is 3. The number of thiophene rings is 1. The van der Waals surface area contributed by atoms with Crippen molar-refractivity contribution in [3.63, 3.8) is 0 Å². The summed E-state index contributed by atoms with van der Waals surface area (Å²) < 4.78 is 0. The smallest absolute Gasteiger partial charge is 0.225 e. The Morgan fingerprint density at radius 2 is 1.95 bits per heavy atom. The molecule has 3 heterocycles. The van der Waals surface area contributed by atoms with Crippen LogP contribution < -0.4 is 10.2 Å². The highest BCUT2D eigenvalue weighted by molar-refractivity contribution is 7.18. The molecule has 4 nitrogen and oxygen atoms in total. The van der Waals surface area contributed by atoms with E-state index < -0.39 is 0 Å². The summed E-state index contributed by atoms with van der Waals surface area (Å²) in [6, 6.07) is 2.28. The third-order valence-electron chi connectivity index (χ3n) is 3.90. The molecular weight excluding hydrogens is 268 g/mol. The fraction of sp³-hybridized carbons (Fsp3) is 0.600. The molecule has 0 atom stereocenters. The van der Waals surface area contributed by atoms with Gasteiger partial charge in [-0.05, 0) is 25.3 Å². The molecule has 1 fully saturated rings. The first-order valence-electron chi connectivity index (χ1n) is 7.55. The summed E-state index contributed by atoms with van der Waals surface area (Å²) in [6.45, 7) is 4.43. The van der Waals surface area contributed by atoms with Crippen molar-refractivity contribution >= 4 is 33.3 Å². The van der Waals surface area contributed by atoms with Crippen LogP contribution in [0.4, 0.5) is 11.8 Å². The van der Waals surface area contributed by atoms with E-state index in [0.717, 1.165) is 36.1 Å². The summed E-state index contributed by atoms with van der Waals surface area (Å²) in [6.07, 6.45) is 6.28. The Kier molecular flexibility index (Phi) is 4.05. The maximum absolute atomic E-state index is 4.74. The van der Waals surface area contributed by atoms with Crippen molar-refractivity contribution in [3.8, 4) is 0 Å². The van der Waals surface area contributed by atoms with Crippen LogP contribution in [0.2, 0.25) is 0 Å². The fourth-order valence-electron chi connectivity index (χ4n) is 2.77. The van der Waals surface area contributed by atoms with E-state index in [2.05, 4.69) is 28.2 Å². The second-order valence-electron chi connectivity index (χ2n) is 5.31. The molecule has 1 aliphatic rings. The maximum atomic E-state index is 4.74. The van der Waals surface area contributed by atoms with Crippen LogP contribution in [0.5, 0.6) is 0 Å². The number of nitrogens with one attached hydrogen (secondary N) is 1. The van der Waals surface area contributed by atoms with Crippen LogP contribution in [0.1, 0.15) is 37.5 Å². The topological polar surface area (TPSA) is 41.1 Å². The van der Waals surface area contributed by atoms with Gasteiger partial charge in [-0.3, -0.25) is 0 Å². The summed E-state index contributed by atoms with van der Waals surface area (Å²) in [5.74, 6) is 1.86. The third kappa shape index (κ3) is 2.59. The zero-order chi connectivity index (χ0) is 13.9. The molecule has 0 amide bonds. The van der Waals surface area contributed by atoms with E-state index in [1.54, 1.807) is 11.3 Å². The van der Waals surface area contributed by atoms with Crippen LogP contribution in [0.15, 0.2) is 6.07 Å². The summed E-state index contributed by atoms with van der Waals surface area (Å²) in [5.41, 5.74) is 0. The number of aromatic nitrogens is 2. The van der Waals surface area contributed by atoms with Crippen molar-refractivity contribution < 1.29 is 0 Å². The fourth-order valence-corrected chi connectivity index (χ4v) is 3.73. The quantitative estimate of drug-likeness (QED) is 0.936. The molecular formula is C15H22N4S. The van der Waals surface area contributed by atoms with E-state index in [0.29, 0.717) is 0 Å². The lowest BCUT2D eigenvalue weighted by Gasteiger charge is -2.22. The number of aryl methyl sites for hydroxylation is 1. The van der Waals surface area contributed by atoms with Crippen LogP contribution in [0, 0.1) is 0 Å². The number of anilines is 2. The van der Waals surface area contributed by atoms with Crippen LogP contribution in [-0.4, -0.2) is 30.1 Å². The summed E-state index contributed by atoms with van der Waals surface area (Å²) in [7, 11) is 1.89. The molecule has 0 saturated carbocycles. The number of fused-ring (bicyclic) bond motifs is 1. The first-order valence-corrected chi connectivity index (χ1v) is 8.36. The van der Waals surface area contributed by atoms with E-state index in [9.17, 15) is 0 Å². The minimum absolute atomic E-state index is 0.737. The van der Waals surface area contributed by atoms with E-state index in [-0.39, 0.29) is 0 Å². The lowest BCUT2D eigenvalue weighted by atomic mass is 10.2. The Bertz CT molecular complexity index is 585. The molecule has 1 N–H and O–H groups in total. The first kappa shape index (κ1) is 13.6. The molecule has 0 unspecified atom stereocenters. The lowest BCUT2D eigenvalue weighted by Crippen LogP contribution is -2.25.